The summed E-state index contributed by atoms with van der Waals surface area (Å²) in [6.07, 6.45) is 3.79. The number of nitrogens with one attached hydrogen (secondary N) is 1. The Hall–Kier alpha value is -1.06. The highest BCUT2D eigenvalue weighted by Gasteiger charge is 2.25. The normalized spacial score (nSPS) is 21.1. The first kappa shape index (κ1) is 15.3. The molecule has 1 aliphatic rings. The molecule has 1 saturated heterocycles. The summed E-state index contributed by atoms with van der Waals surface area (Å²) in [6.45, 7) is 2.99. The van der Waals surface area contributed by atoms with E-state index in [4.69, 9.17) is 11.6 Å². The van der Waals surface area contributed by atoms with Gasteiger partial charge in [0.25, 0.3) is 0 Å². The third kappa shape index (κ3) is 3.97. The van der Waals surface area contributed by atoms with E-state index in [1.807, 2.05) is 24.1 Å². The maximum atomic E-state index is 11.5. The maximum Gasteiger partial charge on any atom is 0.222 e. The second kappa shape index (κ2) is 7.09. The zero-order chi connectivity index (χ0) is 14.5. The summed E-state index contributed by atoms with van der Waals surface area (Å²) in [4.78, 5) is 13.4. The van der Waals surface area contributed by atoms with Gasteiger partial charge in [-0.1, -0.05) is 37.1 Å². The summed E-state index contributed by atoms with van der Waals surface area (Å²) in [6, 6.07) is 8.78. The van der Waals surface area contributed by atoms with Gasteiger partial charge < -0.3 is 10.2 Å². The van der Waals surface area contributed by atoms with Gasteiger partial charge in [-0.2, -0.15) is 0 Å². The van der Waals surface area contributed by atoms with Crippen LogP contribution in [0, 0.1) is 0 Å². The van der Waals surface area contributed by atoms with Crippen LogP contribution in [0.4, 0.5) is 0 Å². The van der Waals surface area contributed by atoms with E-state index in [0.29, 0.717) is 18.5 Å². The Kier molecular flexibility index (Phi) is 5.44. The van der Waals surface area contributed by atoms with Crippen molar-refractivity contribution in [1.29, 1.82) is 0 Å². The number of carbonyl (C=O) groups excluding carboxylic acids is 1. The Morgan fingerprint density at radius 1 is 1.40 bits per heavy atom. The standard InChI is InChI=1S/C16H23ClN2O/c1-3-4-15(12-5-7-13(17)8-6-12)18-14-9-10-16(20)19(2)11-14/h5-8,14-15,18H,3-4,9-11H2,1-2H3. The SMILES string of the molecule is CCCC(NC1CCC(=O)N(C)C1)c1ccc(Cl)cc1. The number of nitrogens with zero attached hydrogens (tertiary/aromatic N) is 1. The second-order valence-corrected chi connectivity index (χ2v) is 6.01. The van der Waals surface area contributed by atoms with Crippen LogP contribution in [-0.2, 0) is 4.79 Å². The molecule has 0 aliphatic carbocycles. The molecule has 2 rings (SSSR count). The van der Waals surface area contributed by atoms with Crippen LogP contribution in [0.25, 0.3) is 0 Å². The van der Waals surface area contributed by atoms with Crippen molar-refractivity contribution in [2.24, 2.45) is 0 Å². The molecule has 2 atom stereocenters. The average Bonchev–Trinajstić information content (AvgIpc) is 2.43. The van der Waals surface area contributed by atoms with Crippen molar-refractivity contribution in [3.8, 4) is 0 Å². The molecule has 3 nitrogen and oxygen atoms in total. The smallest absolute Gasteiger partial charge is 0.222 e. The molecule has 1 heterocycles. The molecular formula is C16H23ClN2O. The van der Waals surface area contributed by atoms with E-state index in [2.05, 4.69) is 24.4 Å². The summed E-state index contributed by atoms with van der Waals surface area (Å²) < 4.78 is 0. The number of piperidine rings is 1. The first-order valence-corrected chi connectivity index (χ1v) is 7.73. The molecule has 20 heavy (non-hydrogen) atoms. The number of rotatable bonds is 5. The Labute approximate surface area is 126 Å². The van der Waals surface area contributed by atoms with Crippen molar-refractivity contribution >= 4 is 17.5 Å². The van der Waals surface area contributed by atoms with Crippen molar-refractivity contribution in [3.63, 3.8) is 0 Å². The van der Waals surface area contributed by atoms with Gasteiger partial charge in [-0.3, -0.25) is 4.79 Å². The average molecular weight is 295 g/mol. The van der Waals surface area contributed by atoms with Crippen molar-refractivity contribution in [3.05, 3.63) is 34.9 Å². The van der Waals surface area contributed by atoms with Crippen molar-refractivity contribution in [1.82, 2.24) is 10.2 Å². The summed E-state index contributed by atoms with van der Waals surface area (Å²) in [5.74, 6) is 0.251. The molecule has 1 amide bonds. The van der Waals surface area contributed by atoms with Crippen LogP contribution in [0.15, 0.2) is 24.3 Å². The van der Waals surface area contributed by atoms with Gasteiger partial charge in [0, 0.05) is 37.1 Å². The molecule has 1 aliphatic heterocycles. The van der Waals surface area contributed by atoms with E-state index in [1.165, 1.54) is 5.56 Å². The predicted octanol–water partition coefficient (Wildman–Crippen LogP) is 3.39. The number of likely N-dealkylation sites (N-methyl/N-ethyl adjacent to an activating group) is 1. The minimum Gasteiger partial charge on any atom is -0.344 e. The molecule has 1 aromatic carbocycles. The molecule has 110 valence electrons. The van der Waals surface area contributed by atoms with E-state index >= 15 is 0 Å². The van der Waals surface area contributed by atoms with Crippen LogP contribution < -0.4 is 5.32 Å². The van der Waals surface area contributed by atoms with Crippen molar-refractivity contribution in [2.75, 3.05) is 13.6 Å². The Morgan fingerprint density at radius 3 is 2.70 bits per heavy atom. The summed E-state index contributed by atoms with van der Waals surface area (Å²) >= 11 is 5.96. The lowest BCUT2D eigenvalue weighted by Crippen LogP contribution is -2.47. The molecule has 2 unspecified atom stereocenters. The fourth-order valence-corrected chi connectivity index (χ4v) is 2.89. The Balaban J connectivity index is 2.02. The van der Waals surface area contributed by atoms with Crippen LogP contribution >= 0.6 is 11.6 Å². The number of carbonyl (C=O) groups is 1. The molecule has 1 aromatic rings. The lowest BCUT2D eigenvalue weighted by atomic mass is 9.98. The fraction of sp³-hybridized carbons (Fsp3) is 0.562. The van der Waals surface area contributed by atoms with Crippen LogP contribution in [-0.4, -0.2) is 30.4 Å². The van der Waals surface area contributed by atoms with Gasteiger partial charge in [0.1, 0.15) is 0 Å². The molecule has 1 N–H and O–H groups in total. The Bertz CT molecular complexity index is 446. The minimum atomic E-state index is 0.251. The van der Waals surface area contributed by atoms with Crippen molar-refractivity contribution < 1.29 is 4.79 Å². The molecule has 0 radical (unpaired) electrons. The number of benzene rings is 1. The summed E-state index contributed by atoms with van der Waals surface area (Å²) in [7, 11) is 1.88. The zero-order valence-corrected chi connectivity index (χ0v) is 13.0. The van der Waals surface area contributed by atoms with Gasteiger partial charge in [0.15, 0.2) is 0 Å². The first-order valence-electron chi connectivity index (χ1n) is 7.35. The van der Waals surface area contributed by atoms with Crippen LogP contribution in [0.5, 0.6) is 0 Å². The van der Waals surface area contributed by atoms with Gasteiger partial charge in [-0.05, 0) is 30.5 Å². The third-order valence-electron chi connectivity index (χ3n) is 3.91. The van der Waals surface area contributed by atoms with Crippen LogP contribution in [0.1, 0.15) is 44.2 Å². The number of halogens is 1. The monoisotopic (exact) mass is 294 g/mol. The molecule has 4 heteroatoms. The van der Waals surface area contributed by atoms with Crippen LogP contribution in [0.2, 0.25) is 5.02 Å². The van der Waals surface area contributed by atoms with E-state index in [0.717, 1.165) is 30.8 Å². The molecule has 1 fully saturated rings. The van der Waals surface area contributed by atoms with E-state index in [1.54, 1.807) is 0 Å². The number of hydrogen-bond acceptors (Lipinski definition) is 2. The second-order valence-electron chi connectivity index (χ2n) is 5.57. The third-order valence-corrected chi connectivity index (χ3v) is 4.17. The lowest BCUT2D eigenvalue weighted by molar-refractivity contribution is -0.132. The highest BCUT2D eigenvalue weighted by atomic mass is 35.5. The van der Waals surface area contributed by atoms with Crippen LogP contribution in [0.3, 0.4) is 0 Å². The minimum absolute atomic E-state index is 0.251. The maximum absolute atomic E-state index is 11.5. The van der Waals surface area contributed by atoms with Gasteiger partial charge in [-0.15, -0.1) is 0 Å². The van der Waals surface area contributed by atoms with Gasteiger partial charge in [0.05, 0.1) is 0 Å². The molecule has 0 saturated carbocycles. The largest absolute Gasteiger partial charge is 0.344 e. The summed E-state index contributed by atoms with van der Waals surface area (Å²) in [5.41, 5.74) is 1.27. The summed E-state index contributed by atoms with van der Waals surface area (Å²) in [5, 5.41) is 4.48. The predicted molar refractivity (Wildman–Crippen MR) is 82.9 cm³/mol. The Morgan fingerprint density at radius 2 is 2.10 bits per heavy atom. The van der Waals surface area contributed by atoms with E-state index in [-0.39, 0.29) is 5.91 Å². The topological polar surface area (TPSA) is 32.3 Å². The van der Waals surface area contributed by atoms with Gasteiger partial charge >= 0.3 is 0 Å². The van der Waals surface area contributed by atoms with Crippen molar-refractivity contribution in [2.45, 2.75) is 44.7 Å². The molecular weight excluding hydrogens is 272 g/mol. The first-order chi connectivity index (χ1) is 9.60. The lowest BCUT2D eigenvalue weighted by Gasteiger charge is -2.33. The highest BCUT2D eigenvalue weighted by Crippen LogP contribution is 2.23. The van der Waals surface area contributed by atoms with Gasteiger partial charge in [-0.25, -0.2) is 0 Å². The highest BCUT2D eigenvalue weighted by molar-refractivity contribution is 6.30. The fourth-order valence-electron chi connectivity index (χ4n) is 2.76. The van der Waals surface area contributed by atoms with Gasteiger partial charge in [0.2, 0.25) is 5.91 Å². The van der Waals surface area contributed by atoms with E-state index in [9.17, 15) is 4.79 Å². The quantitative estimate of drug-likeness (QED) is 0.903. The number of likely N-dealkylation sites (tertiary alicyclic amines) is 1. The zero-order valence-electron chi connectivity index (χ0n) is 12.2. The number of hydrogen-bond donors (Lipinski definition) is 1. The van der Waals surface area contributed by atoms with E-state index < -0.39 is 0 Å². The molecule has 0 aromatic heterocycles. The number of amides is 1. The molecule has 0 spiro atoms. The molecule has 0 bridgehead atoms.